The van der Waals surface area contributed by atoms with Crippen LogP contribution in [0.4, 0.5) is 5.69 Å². The predicted molar refractivity (Wildman–Crippen MR) is 98.0 cm³/mol. The number of nitrogens with zero attached hydrogens (tertiary/aromatic N) is 1. The summed E-state index contributed by atoms with van der Waals surface area (Å²) < 4.78 is 5.40. The van der Waals surface area contributed by atoms with E-state index in [9.17, 15) is 14.9 Å². The summed E-state index contributed by atoms with van der Waals surface area (Å²) in [7, 11) is 0. The minimum absolute atomic E-state index is 0.0397. The fourth-order valence-electron chi connectivity index (χ4n) is 2.20. The number of nitrogens with one attached hydrogen (secondary N) is 1. The van der Waals surface area contributed by atoms with Crippen molar-refractivity contribution in [1.29, 1.82) is 0 Å². The van der Waals surface area contributed by atoms with E-state index >= 15 is 0 Å². The molecular formula is C18H20N2O4S. The van der Waals surface area contributed by atoms with Gasteiger partial charge in [-0.05, 0) is 43.7 Å². The van der Waals surface area contributed by atoms with Gasteiger partial charge in [0.1, 0.15) is 5.75 Å². The Morgan fingerprint density at radius 1 is 1.20 bits per heavy atom. The Labute approximate surface area is 150 Å². The Kier molecular flexibility index (Phi) is 6.82. The molecule has 1 N–H and O–H groups in total. The van der Waals surface area contributed by atoms with Gasteiger partial charge in [0.2, 0.25) is 5.91 Å². The normalized spacial score (nSPS) is 11.6. The van der Waals surface area contributed by atoms with Crippen LogP contribution in [0.2, 0.25) is 0 Å². The zero-order valence-electron chi connectivity index (χ0n) is 14.1. The van der Waals surface area contributed by atoms with Crippen LogP contribution in [0.5, 0.6) is 5.75 Å². The van der Waals surface area contributed by atoms with Gasteiger partial charge in [-0.25, -0.2) is 0 Å². The molecule has 0 fully saturated rings. The summed E-state index contributed by atoms with van der Waals surface area (Å²) in [5, 5.41) is 13.6. The van der Waals surface area contributed by atoms with Crippen molar-refractivity contribution in [2.24, 2.45) is 0 Å². The number of rotatable bonds is 8. The van der Waals surface area contributed by atoms with Crippen molar-refractivity contribution in [2.45, 2.75) is 24.8 Å². The highest BCUT2D eigenvalue weighted by molar-refractivity contribution is 8.00. The molecule has 0 aliphatic rings. The number of carbonyl (C=O) groups is 1. The predicted octanol–water partition coefficient (Wildman–Crippen LogP) is 3.96. The lowest BCUT2D eigenvalue weighted by Crippen LogP contribution is -2.28. The number of benzene rings is 2. The number of ether oxygens (including phenoxy) is 1. The second kappa shape index (κ2) is 9.08. The smallest absolute Gasteiger partial charge is 0.269 e. The van der Waals surface area contributed by atoms with Crippen molar-refractivity contribution >= 4 is 23.4 Å². The molecule has 0 aliphatic heterocycles. The Morgan fingerprint density at radius 3 is 2.40 bits per heavy atom. The Balaban J connectivity index is 1.83. The van der Waals surface area contributed by atoms with Crippen LogP contribution >= 0.6 is 11.8 Å². The van der Waals surface area contributed by atoms with E-state index in [0.29, 0.717) is 6.61 Å². The number of nitro groups is 1. The minimum Gasteiger partial charge on any atom is -0.494 e. The van der Waals surface area contributed by atoms with Gasteiger partial charge in [0, 0.05) is 17.0 Å². The average molecular weight is 360 g/mol. The molecule has 0 saturated carbocycles. The number of thioether (sulfide) groups is 1. The fourth-order valence-corrected chi connectivity index (χ4v) is 2.91. The van der Waals surface area contributed by atoms with Crippen molar-refractivity contribution in [3.05, 3.63) is 64.2 Å². The largest absolute Gasteiger partial charge is 0.494 e. The topological polar surface area (TPSA) is 81.5 Å². The summed E-state index contributed by atoms with van der Waals surface area (Å²) in [6.45, 7) is 4.47. The first-order valence-corrected chi connectivity index (χ1v) is 8.87. The van der Waals surface area contributed by atoms with E-state index in [1.165, 1.54) is 23.9 Å². The SMILES string of the molecule is CCOc1ccc(C(C)NC(=O)CSc2ccc([N+](=O)[O-])cc2)cc1. The molecule has 2 aromatic rings. The van der Waals surface area contributed by atoms with Gasteiger partial charge in [0.25, 0.3) is 5.69 Å². The number of non-ortho nitro benzene ring substituents is 1. The maximum Gasteiger partial charge on any atom is 0.269 e. The van der Waals surface area contributed by atoms with Crippen LogP contribution in [0.1, 0.15) is 25.5 Å². The summed E-state index contributed by atoms with van der Waals surface area (Å²) in [4.78, 5) is 23.1. The summed E-state index contributed by atoms with van der Waals surface area (Å²) in [5.74, 6) is 0.961. The third-order valence-corrected chi connectivity index (χ3v) is 4.50. The van der Waals surface area contributed by atoms with Gasteiger partial charge in [-0.3, -0.25) is 14.9 Å². The number of hydrogen-bond donors (Lipinski definition) is 1. The van der Waals surface area contributed by atoms with E-state index in [1.807, 2.05) is 38.1 Å². The molecule has 0 saturated heterocycles. The molecule has 0 spiro atoms. The Bertz CT molecular complexity index is 717. The number of nitro benzene ring substituents is 1. The van der Waals surface area contributed by atoms with Gasteiger partial charge in [0.05, 0.1) is 23.3 Å². The monoisotopic (exact) mass is 360 g/mol. The summed E-state index contributed by atoms with van der Waals surface area (Å²) in [6.07, 6.45) is 0. The molecule has 0 aliphatic carbocycles. The molecule has 1 amide bonds. The third kappa shape index (κ3) is 5.79. The van der Waals surface area contributed by atoms with Crippen LogP contribution < -0.4 is 10.1 Å². The Morgan fingerprint density at radius 2 is 1.84 bits per heavy atom. The molecule has 0 bridgehead atoms. The van der Waals surface area contributed by atoms with E-state index in [1.54, 1.807) is 12.1 Å². The maximum absolute atomic E-state index is 12.1. The lowest BCUT2D eigenvalue weighted by Gasteiger charge is -2.15. The molecule has 2 aromatic carbocycles. The number of carbonyl (C=O) groups excluding carboxylic acids is 1. The molecular weight excluding hydrogens is 340 g/mol. The summed E-state index contributed by atoms with van der Waals surface area (Å²) >= 11 is 1.34. The molecule has 132 valence electrons. The van der Waals surface area contributed by atoms with Crippen LogP contribution in [0.3, 0.4) is 0 Å². The molecule has 0 heterocycles. The van der Waals surface area contributed by atoms with E-state index in [0.717, 1.165) is 16.2 Å². The van der Waals surface area contributed by atoms with E-state index in [2.05, 4.69) is 5.32 Å². The minimum atomic E-state index is -0.445. The van der Waals surface area contributed by atoms with Gasteiger partial charge in [0.15, 0.2) is 0 Å². The summed E-state index contributed by atoms with van der Waals surface area (Å²) in [6, 6.07) is 13.7. The summed E-state index contributed by atoms with van der Waals surface area (Å²) in [5.41, 5.74) is 1.04. The van der Waals surface area contributed by atoms with Crippen LogP contribution in [-0.2, 0) is 4.79 Å². The first-order valence-electron chi connectivity index (χ1n) is 7.89. The van der Waals surface area contributed by atoms with Crippen LogP contribution in [-0.4, -0.2) is 23.2 Å². The van der Waals surface area contributed by atoms with E-state index in [-0.39, 0.29) is 23.4 Å². The number of amides is 1. The van der Waals surface area contributed by atoms with Crippen molar-refractivity contribution < 1.29 is 14.5 Å². The van der Waals surface area contributed by atoms with Crippen LogP contribution in [0.25, 0.3) is 0 Å². The van der Waals surface area contributed by atoms with Gasteiger partial charge < -0.3 is 10.1 Å². The second-order valence-electron chi connectivity index (χ2n) is 5.33. The lowest BCUT2D eigenvalue weighted by molar-refractivity contribution is -0.384. The highest BCUT2D eigenvalue weighted by Gasteiger charge is 2.11. The maximum atomic E-state index is 12.1. The zero-order chi connectivity index (χ0) is 18.2. The molecule has 6 nitrogen and oxygen atoms in total. The van der Waals surface area contributed by atoms with Crippen LogP contribution in [0, 0.1) is 10.1 Å². The van der Waals surface area contributed by atoms with Crippen LogP contribution in [0.15, 0.2) is 53.4 Å². The van der Waals surface area contributed by atoms with Gasteiger partial charge in [-0.2, -0.15) is 0 Å². The number of hydrogen-bond acceptors (Lipinski definition) is 5. The zero-order valence-corrected chi connectivity index (χ0v) is 14.9. The molecule has 0 radical (unpaired) electrons. The molecule has 7 heteroatoms. The van der Waals surface area contributed by atoms with Crippen molar-refractivity contribution in [3.63, 3.8) is 0 Å². The van der Waals surface area contributed by atoms with E-state index in [4.69, 9.17) is 4.74 Å². The standard InChI is InChI=1S/C18H20N2O4S/c1-3-24-16-8-4-14(5-9-16)13(2)19-18(21)12-25-17-10-6-15(7-11-17)20(22)23/h4-11,13H,3,12H2,1-2H3,(H,19,21). The van der Waals surface area contributed by atoms with Crippen molar-refractivity contribution in [2.75, 3.05) is 12.4 Å². The van der Waals surface area contributed by atoms with Crippen molar-refractivity contribution in [1.82, 2.24) is 5.32 Å². The molecule has 1 unspecified atom stereocenters. The van der Waals surface area contributed by atoms with Gasteiger partial charge in [-0.1, -0.05) is 12.1 Å². The van der Waals surface area contributed by atoms with Gasteiger partial charge >= 0.3 is 0 Å². The first-order chi connectivity index (χ1) is 12.0. The molecule has 1 atom stereocenters. The second-order valence-corrected chi connectivity index (χ2v) is 6.38. The Hall–Kier alpha value is -2.54. The molecule has 25 heavy (non-hydrogen) atoms. The lowest BCUT2D eigenvalue weighted by atomic mass is 10.1. The highest BCUT2D eigenvalue weighted by Crippen LogP contribution is 2.22. The van der Waals surface area contributed by atoms with Crippen molar-refractivity contribution in [3.8, 4) is 5.75 Å². The van der Waals surface area contributed by atoms with E-state index < -0.39 is 4.92 Å². The molecule has 0 aromatic heterocycles. The highest BCUT2D eigenvalue weighted by atomic mass is 32.2. The van der Waals surface area contributed by atoms with Gasteiger partial charge in [-0.15, -0.1) is 11.8 Å². The fraction of sp³-hybridized carbons (Fsp3) is 0.278. The third-order valence-electron chi connectivity index (χ3n) is 3.49. The first kappa shape index (κ1) is 18.8. The quantitative estimate of drug-likeness (QED) is 0.438. The average Bonchev–Trinajstić information content (AvgIpc) is 2.61. The molecule has 2 rings (SSSR count).